The van der Waals surface area contributed by atoms with Crippen molar-refractivity contribution in [3.63, 3.8) is 0 Å². The molecule has 0 aromatic rings. The third-order valence-corrected chi connectivity index (χ3v) is 0.0660. The van der Waals surface area contributed by atoms with Crippen molar-refractivity contribution in [1.82, 2.24) is 0 Å². The van der Waals surface area contributed by atoms with Crippen molar-refractivity contribution in [2.75, 3.05) is 0 Å². The van der Waals surface area contributed by atoms with E-state index in [-0.39, 0.29) is 0 Å². The van der Waals surface area contributed by atoms with E-state index in [1.165, 1.54) is 0 Å². The Balaban J connectivity index is 0. The molecule has 7 heavy (non-hydrogen) atoms. The topological polar surface area (TPSA) is 46.5 Å². The van der Waals surface area contributed by atoms with Gasteiger partial charge in [0.15, 0.2) is 0 Å². The minimum atomic E-state index is -1.91. The molecule has 0 bridgehead atoms. The van der Waals surface area contributed by atoms with Gasteiger partial charge in [-0.05, 0) is 0 Å². The Morgan fingerprint density at radius 3 is 1.86 bits per heavy atom. The molecule has 4 heteroatoms. The molecule has 0 aliphatic carbocycles. The van der Waals surface area contributed by atoms with Gasteiger partial charge in [-0.1, -0.05) is 0 Å². The van der Waals surface area contributed by atoms with Crippen molar-refractivity contribution >= 4 is 6.16 Å². The molecule has 0 unspecified atom stereocenters. The van der Waals surface area contributed by atoms with Crippen LogP contribution in [0.3, 0.4) is 0 Å². The minimum Gasteiger partial charge on any atom is -0.448 e. The van der Waals surface area contributed by atoms with Gasteiger partial charge in [0.05, 0.1) is 0 Å². The summed E-state index contributed by atoms with van der Waals surface area (Å²) in [6.07, 6.45) is -1.91. The van der Waals surface area contributed by atoms with E-state index in [2.05, 4.69) is 18.1 Å². The Morgan fingerprint density at radius 2 is 1.86 bits per heavy atom. The van der Waals surface area contributed by atoms with Gasteiger partial charge in [-0.2, -0.15) is 0 Å². The lowest BCUT2D eigenvalue weighted by Gasteiger charge is -1.70. The lowest BCUT2D eigenvalue weighted by atomic mass is 11.3. The minimum absolute atomic E-state index is 1.91. The number of carboxylic acid groups (broad SMARTS) is 1. The SMILES string of the molecule is C=C.O=C(O)OF. The lowest BCUT2D eigenvalue weighted by Crippen LogP contribution is -1.86. The first-order chi connectivity index (χ1) is 3.27. The predicted octanol–water partition coefficient (Wildman–Crippen LogP) is 1.37. The zero-order valence-corrected chi connectivity index (χ0v) is 3.56. The van der Waals surface area contributed by atoms with Gasteiger partial charge in [0.25, 0.3) is 0 Å². The number of halogens is 1. The molecule has 0 fully saturated rings. The summed E-state index contributed by atoms with van der Waals surface area (Å²) >= 11 is 0. The van der Waals surface area contributed by atoms with Crippen molar-refractivity contribution in [2.45, 2.75) is 0 Å². The molecule has 0 radical (unpaired) electrons. The van der Waals surface area contributed by atoms with Gasteiger partial charge >= 0.3 is 6.16 Å². The Morgan fingerprint density at radius 1 is 1.71 bits per heavy atom. The number of hydrogen-bond donors (Lipinski definition) is 1. The van der Waals surface area contributed by atoms with Crippen LogP contribution in [0, 0.1) is 0 Å². The van der Waals surface area contributed by atoms with Crippen LogP contribution >= 0.6 is 0 Å². The summed E-state index contributed by atoms with van der Waals surface area (Å²) in [6.45, 7) is 6.00. The quantitative estimate of drug-likeness (QED) is 0.476. The Kier molecular flexibility index (Phi) is 11.8. The van der Waals surface area contributed by atoms with Crippen LogP contribution in [-0.4, -0.2) is 11.3 Å². The summed E-state index contributed by atoms with van der Waals surface area (Å²) in [5, 5.41) is 7.12. The molecule has 1 N–H and O–H groups in total. The highest BCUT2D eigenvalue weighted by molar-refractivity contribution is 5.55. The first-order valence-electron chi connectivity index (χ1n) is 1.29. The molecule has 42 valence electrons. The van der Waals surface area contributed by atoms with E-state index in [1.807, 2.05) is 0 Å². The second-order valence-corrected chi connectivity index (χ2v) is 0.343. The normalized spacial score (nSPS) is 5.29. The van der Waals surface area contributed by atoms with E-state index < -0.39 is 6.16 Å². The predicted molar refractivity (Wildman–Crippen MR) is 21.5 cm³/mol. The second kappa shape index (κ2) is 8.87. The van der Waals surface area contributed by atoms with Crippen LogP contribution in [0.4, 0.5) is 9.32 Å². The van der Waals surface area contributed by atoms with Crippen molar-refractivity contribution < 1.29 is 19.4 Å². The molecule has 0 saturated heterocycles. The first kappa shape index (κ1) is 9.34. The van der Waals surface area contributed by atoms with Crippen molar-refractivity contribution in [3.8, 4) is 0 Å². The fourth-order valence-electron chi connectivity index (χ4n) is 0. The molecule has 0 rings (SSSR count). The summed E-state index contributed by atoms with van der Waals surface area (Å²) in [4.78, 5) is 10.9. The van der Waals surface area contributed by atoms with Crippen LogP contribution in [0.1, 0.15) is 0 Å². The smallest absolute Gasteiger partial charge is 0.448 e. The molecule has 0 saturated carbocycles. The van der Waals surface area contributed by atoms with E-state index in [0.717, 1.165) is 0 Å². The van der Waals surface area contributed by atoms with Crippen LogP contribution in [0.5, 0.6) is 0 Å². The van der Waals surface area contributed by atoms with E-state index in [0.29, 0.717) is 0 Å². The molecule has 0 aromatic heterocycles. The van der Waals surface area contributed by atoms with Crippen LogP contribution < -0.4 is 0 Å². The number of hydrogen-bond acceptors (Lipinski definition) is 2. The van der Waals surface area contributed by atoms with Gasteiger partial charge in [0, 0.05) is 4.53 Å². The van der Waals surface area contributed by atoms with Gasteiger partial charge in [-0.15, -0.1) is 13.2 Å². The highest BCUT2D eigenvalue weighted by atomic mass is 19.3. The maximum Gasteiger partial charge on any atom is 0.542 e. The molecule has 0 aliphatic rings. The summed E-state index contributed by atoms with van der Waals surface area (Å²) < 4.78 is 10.0. The maximum absolute atomic E-state index is 10.0. The number of carbonyl (C=O) groups is 1. The zero-order chi connectivity index (χ0) is 6.28. The number of rotatable bonds is 0. The van der Waals surface area contributed by atoms with Crippen LogP contribution in [0.15, 0.2) is 13.2 Å². The molecule has 0 aromatic carbocycles. The van der Waals surface area contributed by atoms with E-state index >= 15 is 0 Å². The van der Waals surface area contributed by atoms with Crippen molar-refractivity contribution in [1.29, 1.82) is 0 Å². The molecule has 0 spiro atoms. The Hall–Kier alpha value is -1.06. The Labute approximate surface area is 39.9 Å². The van der Waals surface area contributed by atoms with Crippen molar-refractivity contribution in [2.24, 2.45) is 0 Å². The van der Waals surface area contributed by atoms with Crippen molar-refractivity contribution in [3.05, 3.63) is 13.2 Å². The largest absolute Gasteiger partial charge is 0.542 e. The third-order valence-electron chi connectivity index (χ3n) is 0.0660. The molecule has 0 amide bonds. The molecule has 0 aliphatic heterocycles. The van der Waals surface area contributed by atoms with E-state index in [9.17, 15) is 4.53 Å². The van der Waals surface area contributed by atoms with Gasteiger partial charge < -0.3 is 5.11 Å². The highest BCUT2D eigenvalue weighted by Gasteiger charge is 1.87. The van der Waals surface area contributed by atoms with Gasteiger partial charge in [0.2, 0.25) is 0 Å². The fourth-order valence-corrected chi connectivity index (χ4v) is 0. The average Bonchev–Trinajstić information content (AvgIpc) is 1.73. The summed E-state index contributed by atoms with van der Waals surface area (Å²) in [7, 11) is 0. The molecule has 3 nitrogen and oxygen atoms in total. The third kappa shape index (κ3) is 48.3. The molecule has 0 atom stereocenters. The lowest BCUT2D eigenvalue weighted by molar-refractivity contribution is -0.0884. The summed E-state index contributed by atoms with van der Waals surface area (Å²) in [6, 6.07) is 0. The van der Waals surface area contributed by atoms with Crippen LogP contribution in [-0.2, 0) is 4.94 Å². The van der Waals surface area contributed by atoms with Crippen LogP contribution in [0.25, 0.3) is 0 Å². The van der Waals surface area contributed by atoms with Gasteiger partial charge in [-0.3, -0.25) is 0 Å². The first-order valence-corrected chi connectivity index (χ1v) is 1.29. The van der Waals surface area contributed by atoms with E-state index in [4.69, 9.17) is 9.90 Å². The fraction of sp³-hybridized carbons (Fsp3) is 0. The summed E-state index contributed by atoms with van der Waals surface area (Å²) in [5.74, 6) is 0. The molecular formula is C3H5FO3. The average molecular weight is 108 g/mol. The standard InChI is InChI=1S/C2H4.CHFO3/c1-2;2-5-1(3)4/h1-2H2;(H,3,4). The van der Waals surface area contributed by atoms with E-state index in [1.54, 1.807) is 0 Å². The Bertz CT molecular complexity index is 54.1. The molecular weight excluding hydrogens is 103 g/mol. The van der Waals surface area contributed by atoms with Gasteiger partial charge in [-0.25, -0.2) is 9.74 Å². The highest BCUT2D eigenvalue weighted by Crippen LogP contribution is 1.69. The zero-order valence-electron chi connectivity index (χ0n) is 3.56. The monoisotopic (exact) mass is 108 g/mol. The maximum atomic E-state index is 10.0. The molecule has 0 heterocycles. The second-order valence-electron chi connectivity index (χ2n) is 0.343. The van der Waals surface area contributed by atoms with Crippen LogP contribution in [0.2, 0.25) is 0 Å². The summed E-state index contributed by atoms with van der Waals surface area (Å²) in [5.41, 5.74) is 0. The van der Waals surface area contributed by atoms with Gasteiger partial charge in [0.1, 0.15) is 0 Å².